The highest BCUT2D eigenvalue weighted by Gasteiger charge is 2.21. The van der Waals surface area contributed by atoms with E-state index in [4.69, 9.17) is 15.2 Å². The van der Waals surface area contributed by atoms with Crippen molar-refractivity contribution in [1.82, 2.24) is 0 Å². The van der Waals surface area contributed by atoms with E-state index in [0.717, 1.165) is 49.0 Å². The Kier molecular flexibility index (Phi) is 4.72. The van der Waals surface area contributed by atoms with E-state index >= 15 is 0 Å². The number of allylic oxidation sites excluding steroid dienone is 4. The summed E-state index contributed by atoms with van der Waals surface area (Å²) in [4.78, 5) is 2.35. The molecule has 1 atom stereocenters. The zero-order valence-corrected chi connectivity index (χ0v) is 13.8. The van der Waals surface area contributed by atoms with Crippen molar-refractivity contribution < 1.29 is 9.47 Å². The first-order valence-electron chi connectivity index (χ1n) is 8.11. The van der Waals surface area contributed by atoms with E-state index in [1.807, 2.05) is 13.0 Å². The van der Waals surface area contributed by atoms with Crippen LogP contribution in [0, 0.1) is 5.92 Å². The maximum atomic E-state index is 5.93. The van der Waals surface area contributed by atoms with E-state index in [1.54, 1.807) is 6.20 Å². The molecule has 0 radical (unpaired) electrons. The minimum atomic E-state index is 0.258. The number of nitrogens with two attached hydrogens (primary N) is 1. The smallest absolute Gasteiger partial charge is 0.118 e. The Balaban J connectivity index is 1.96. The summed E-state index contributed by atoms with van der Waals surface area (Å²) in [7, 11) is 0. The van der Waals surface area contributed by atoms with Crippen LogP contribution in [-0.4, -0.2) is 26.3 Å². The molecule has 0 amide bonds. The Hall–Kier alpha value is -2.20. The summed E-state index contributed by atoms with van der Waals surface area (Å²) in [5.74, 6) is 2.16. The first-order valence-corrected chi connectivity index (χ1v) is 8.11. The maximum Gasteiger partial charge on any atom is 0.118 e. The first-order chi connectivity index (χ1) is 11.2. The van der Waals surface area contributed by atoms with Gasteiger partial charge in [0.2, 0.25) is 0 Å². The lowest BCUT2D eigenvalue weighted by atomic mass is 9.98. The van der Waals surface area contributed by atoms with Gasteiger partial charge in [-0.25, -0.2) is 0 Å². The van der Waals surface area contributed by atoms with Crippen LogP contribution in [0.4, 0.5) is 5.69 Å². The van der Waals surface area contributed by atoms with E-state index in [9.17, 15) is 0 Å². The van der Waals surface area contributed by atoms with E-state index in [2.05, 4.69) is 42.2 Å². The van der Waals surface area contributed by atoms with Crippen molar-refractivity contribution in [3.63, 3.8) is 0 Å². The Bertz CT molecular complexity index is 655. The van der Waals surface area contributed by atoms with Gasteiger partial charge in [-0.3, -0.25) is 0 Å². The summed E-state index contributed by atoms with van der Waals surface area (Å²) in [6.45, 7) is 7.54. The van der Waals surface area contributed by atoms with Gasteiger partial charge >= 0.3 is 0 Å². The zero-order chi connectivity index (χ0) is 16.2. The SMILES string of the molecule is CC1=CC(C)/C(=C(\C=C/N)c2cccc(N3CCOCC3)c2)O1. The average molecular weight is 312 g/mol. The lowest BCUT2D eigenvalue weighted by molar-refractivity contribution is 0.122. The Morgan fingerprint density at radius 1 is 1.30 bits per heavy atom. The Morgan fingerprint density at radius 2 is 2.09 bits per heavy atom. The molecule has 0 spiro atoms. The topological polar surface area (TPSA) is 47.7 Å². The van der Waals surface area contributed by atoms with Gasteiger partial charge in [-0.05, 0) is 43.0 Å². The predicted molar refractivity (Wildman–Crippen MR) is 93.7 cm³/mol. The van der Waals surface area contributed by atoms with Crippen LogP contribution in [0.2, 0.25) is 0 Å². The van der Waals surface area contributed by atoms with Crippen LogP contribution >= 0.6 is 0 Å². The quantitative estimate of drug-likeness (QED) is 0.930. The van der Waals surface area contributed by atoms with Crippen LogP contribution in [0.5, 0.6) is 0 Å². The van der Waals surface area contributed by atoms with Crippen molar-refractivity contribution in [3.8, 4) is 0 Å². The molecule has 1 aromatic rings. The molecule has 2 heterocycles. The molecule has 4 heteroatoms. The second-order valence-corrected chi connectivity index (χ2v) is 5.95. The number of hydrogen-bond acceptors (Lipinski definition) is 4. The number of morpholine rings is 1. The second-order valence-electron chi connectivity index (χ2n) is 5.95. The molecule has 0 saturated carbocycles. The van der Waals surface area contributed by atoms with E-state index in [-0.39, 0.29) is 5.92 Å². The standard InChI is InChI=1S/C19H24N2O2/c1-14-12-15(2)23-19(14)18(6-7-20)16-4-3-5-17(13-16)21-8-10-22-11-9-21/h3-7,12-14H,8-11,20H2,1-2H3/b7-6-,19-18-. The highest BCUT2D eigenvalue weighted by molar-refractivity contribution is 5.78. The molecule has 0 aliphatic carbocycles. The first kappa shape index (κ1) is 15.7. The number of anilines is 1. The highest BCUT2D eigenvalue weighted by Crippen LogP contribution is 2.34. The number of nitrogens with zero attached hydrogens (tertiary/aromatic N) is 1. The third-order valence-corrected chi connectivity index (χ3v) is 4.23. The highest BCUT2D eigenvalue weighted by atomic mass is 16.5. The molecule has 2 aliphatic rings. The van der Waals surface area contributed by atoms with Crippen molar-refractivity contribution in [2.45, 2.75) is 13.8 Å². The molecule has 0 aromatic heterocycles. The van der Waals surface area contributed by atoms with Crippen molar-refractivity contribution >= 4 is 11.3 Å². The summed E-state index contributed by atoms with van der Waals surface area (Å²) < 4.78 is 11.4. The molecule has 1 saturated heterocycles. The fraction of sp³-hybridized carbons (Fsp3) is 0.368. The minimum absolute atomic E-state index is 0.258. The van der Waals surface area contributed by atoms with Crippen LogP contribution in [0.15, 0.2) is 54.1 Å². The second kappa shape index (κ2) is 6.92. The molecule has 2 N–H and O–H groups in total. The molecule has 1 fully saturated rings. The van der Waals surface area contributed by atoms with Crippen LogP contribution < -0.4 is 10.6 Å². The van der Waals surface area contributed by atoms with Gasteiger partial charge in [0.05, 0.1) is 19.0 Å². The van der Waals surface area contributed by atoms with Crippen LogP contribution in [0.3, 0.4) is 0 Å². The van der Waals surface area contributed by atoms with Gasteiger partial charge < -0.3 is 20.1 Å². The van der Waals surface area contributed by atoms with Crippen molar-refractivity contribution in [3.05, 3.63) is 59.7 Å². The Labute approximate surface area is 137 Å². The van der Waals surface area contributed by atoms with Gasteiger partial charge in [0, 0.05) is 30.3 Å². The maximum absolute atomic E-state index is 5.93. The van der Waals surface area contributed by atoms with Crippen LogP contribution in [0.25, 0.3) is 5.57 Å². The predicted octanol–water partition coefficient (Wildman–Crippen LogP) is 3.28. The third kappa shape index (κ3) is 3.42. The number of hydrogen-bond donors (Lipinski definition) is 1. The van der Waals surface area contributed by atoms with Gasteiger partial charge in [0.15, 0.2) is 0 Å². The van der Waals surface area contributed by atoms with Crippen LogP contribution in [-0.2, 0) is 9.47 Å². The van der Waals surface area contributed by atoms with Gasteiger partial charge in [-0.2, -0.15) is 0 Å². The average Bonchev–Trinajstić information content (AvgIpc) is 2.92. The van der Waals surface area contributed by atoms with Gasteiger partial charge in [0.1, 0.15) is 5.76 Å². The normalized spacial score (nSPS) is 23.8. The lowest BCUT2D eigenvalue weighted by Gasteiger charge is -2.29. The minimum Gasteiger partial charge on any atom is -0.465 e. The van der Waals surface area contributed by atoms with Crippen molar-refractivity contribution in [1.29, 1.82) is 0 Å². The zero-order valence-electron chi connectivity index (χ0n) is 13.8. The monoisotopic (exact) mass is 312 g/mol. The van der Waals surface area contributed by atoms with Crippen LogP contribution in [0.1, 0.15) is 19.4 Å². The molecule has 4 nitrogen and oxygen atoms in total. The van der Waals surface area contributed by atoms with E-state index in [1.165, 1.54) is 5.69 Å². The molecule has 1 unspecified atom stereocenters. The fourth-order valence-corrected chi connectivity index (χ4v) is 3.14. The van der Waals surface area contributed by atoms with E-state index < -0.39 is 0 Å². The lowest BCUT2D eigenvalue weighted by Crippen LogP contribution is -2.36. The fourth-order valence-electron chi connectivity index (χ4n) is 3.14. The molecular formula is C19H24N2O2. The van der Waals surface area contributed by atoms with Crippen molar-refractivity contribution in [2.24, 2.45) is 11.7 Å². The summed E-state index contributed by atoms with van der Waals surface area (Å²) in [6, 6.07) is 8.55. The summed E-state index contributed by atoms with van der Waals surface area (Å²) in [5.41, 5.74) is 9.06. The Morgan fingerprint density at radius 3 is 2.74 bits per heavy atom. The molecule has 23 heavy (non-hydrogen) atoms. The summed E-state index contributed by atoms with van der Waals surface area (Å²) in [5, 5.41) is 0. The molecule has 1 aromatic carbocycles. The molecule has 3 rings (SSSR count). The third-order valence-electron chi connectivity index (χ3n) is 4.23. The molecular weight excluding hydrogens is 288 g/mol. The molecule has 2 aliphatic heterocycles. The summed E-state index contributed by atoms with van der Waals surface area (Å²) in [6.07, 6.45) is 5.63. The number of rotatable bonds is 3. The van der Waals surface area contributed by atoms with Gasteiger partial charge in [0.25, 0.3) is 0 Å². The van der Waals surface area contributed by atoms with Gasteiger partial charge in [-0.15, -0.1) is 0 Å². The van der Waals surface area contributed by atoms with E-state index in [0.29, 0.717) is 0 Å². The number of ether oxygens (including phenoxy) is 2. The largest absolute Gasteiger partial charge is 0.465 e. The summed E-state index contributed by atoms with van der Waals surface area (Å²) >= 11 is 0. The van der Waals surface area contributed by atoms with Gasteiger partial charge in [-0.1, -0.05) is 19.1 Å². The number of benzene rings is 1. The van der Waals surface area contributed by atoms with Crippen molar-refractivity contribution in [2.75, 3.05) is 31.2 Å². The molecule has 122 valence electrons. The molecule has 0 bridgehead atoms.